The number of thioether (sulfide) groups is 1. The predicted molar refractivity (Wildman–Crippen MR) is 52.9 cm³/mol. The summed E-state index contributed by atoms with van der Waals surface area (Å²) in [6, 6.07) is -0.666. The van der Waals surface area contributed by atoms with Crippen LogP contribution in [-0.4, -0.2) is 38.0 Å². The summed E-state index contributed by atoms with van der Waals surface area (Å²) >= 11 is 1.59. The molecule has 5 heteroatoms. The molecule has 0 saturated carbocycles. The maximum atomic E-state index is 11.5. The van der Waals surface area contributed by atoms with Gasteiger partial charge >= 0.3 is 5.97 Å². The van der Waals surface area contributed by atoms with Crippen molar-refractivity contribution >= 4 is 23.6 Å². The van der Waals surface area contributed by atoms with E-state index in [2.05, 4.69) is 0 Å². The molecule has 2 saturated heterocycles. The fourth-order valence-corrected chi connectivity index (χ4v) is 3.83. The first-order chi connectivity index (χ1) is 6.36. The summed E-state index contributed by atoms with van der Waals surface area (Å²) in [5, 5.41) is 9.14. The first kappa shape index (κ1) is 9.83. The van der Waals surface area contributed by atoms with E-state index in [0.29, 0.717) is 0 Å². The van der Waals surface area contributed by atoms with Crippen LogP contribution in [0, 0.1) is 5.92 Å². The quantitative estimate of drug-likeness (QED) is 0.656. The van der Waals surface area contributed by atoms with Gasteiger partial charge in [0.05, 0.1) is 11.3 Å². The molecule has 2 aliphatic heterocycles. The number of β-lactam (4-membered cyclic amide) rings is 1. The Bertz CT molecular complexity index is 315. The molecule has 2 fully saturated rings. The van der Waals surface area contributed by atoms with Crippen molar-refractivity contribution in [2.45, 2.75) is 36.9 Å². The smallest absolute Gasteiger partial charge is 0.327 e. The minimum Gasteiger partial charge on any atom is -0.480 e. The number of fused-ring (bicyclic) bond motifs is 1. The number of carboxylic acids is 1. The van der Waals surface area contributed by atoms with Gasteiger partial charge in [-0.2, -0.15) is 0 Å². The van der Waals surface area contributed by atoms with Crippen molar-refractivity contribution in [2.24, 2.45) is 5.92 Å². The summed E-state index contributed by atoms with van der Waals surface area (Å²) in [5.41, 5.74) is 0. The van der Waals surface area contributed by atoms with Crippen LogP contribution in [0.15, 0.2) is 0 Å². The van der Waals surface area contributed by atoms with Gasteiger partial charge < -0.3 is 10.0 Å². The summed E-state index contributed by atoms with van der Waals surface area (Å²) in [6.07, 6.45) is 0. The third-order valence-corrected chi connectivity index (χ3v) is 4.65. The van der Waals surface area contributed by atoms with Crippen LogP contribution in [0.4, 0.5) is 0 Å². The van der Waals surface area contributed by atoms with E-state index in [1.165, 1.54) is 4.90 Å². The Morgan fingerprint density at radius 1 is 1.57 bits per heavy atom. The third kappa shape index (κ3) is 1.02. The minimum atomic E-state index is -0.898. The Hall–Kier alpha value is -0.710. The van der Waals surface area contributed by atoms with Crippen LogP contribution in [0.1, 0.15) is 20.8 Å². The molecule has 1 N–H and O–H groups in total. The first-order valence-corrected chi connectivity index (χ1v) is 5.47. The standard InChI is InChI=1S/C9H13NO3S/c1-4-6(11)10-5(8(12)13)9(2,3)14-7(4)10/h4-5,7H,1-3H3,(H,12,13)/t4-,5?,7-/m1/s1. The Balaban J connectivity index is 2.32. The average Bonchev–Trinajstić information content (AvgIpc) is 2.34. The van der Waals surface area contributed by atoms with E-state index in [0.717, 1.165) is 0 Å². The van der Waals surface area contributed by atoms with E-state index in [1.807, 2.05) is 20.8 Å². The average molecular weight is 215 g/mol. The van der Waals surface area contributed by atoms with Crippen LogP contribution in [0.25, 0.3) is 0 Å². The molecule has 0 aromatic rings. The molecule has 4 nitrogen and oxygen atoms in total. The van der Waals surface area contributed by atoms with Gasteiger partial charge in [-0.1, -0.05) is 6.92 Å². The second-order valence-electron chi connectivity index (χ2n) is 4.39. The zero-order valence-corrected chi connectivity index (χ0v) is 9.17. The minimum absolute atomic E-state index is 0.0244. The molecule has 0 spiro atoms. The molecule has 0 aliphatic carbocycles. The summed E-state index contributed by atoms with van der Waals surface area (Å²) in [4.78, 5) is 24.1. The molecule has 0 bridgehead atoms. The first-order valence-electron chi connectivity index (χ1n) is 4.59. The van der Waals surface area contributed by atoms with Gasteiger partial charge in [0, 0.05) is 4.75 Å². The largest absolute Gasteiger partial charge is 0.480 e. The normalized spacial score (nSPS) is 39.2. The second kappa shape index (κ2) is 2.66. The van der Waals surface area contributed by atoms with Crippen molar-refractivity contribution < 1.29 is 14.7 Å². The Morgan fingerprint density at radius 3 is 2.64 bits per heavy atom. The lowest BCUT2D eigenvalue weighted by molar-refractivity contribution is -0.162. The fraction of sp³-hybridized carbons (Fsp3) is 0.778. The zero-order valence-electron chi connectivity index (χ0n) is 8.35. The number of hydrogen-bond donors (Lipinski definition) is 1. The van der Waals surface area contributed by atoms with Crippen LogP contribution in [0.5, 0.6) is 0 Å². The van der Waals surface area contributed by atoms with Crippen LogP contribution in [0.2, 0.25) is 0 Å². The Kier molecular flexibility index (Phi) is 1.86. The Morgan fingerprint density at radius 2 is 2.14 bits per heavy atom. The number of carbonyl (C=O) groups is 2. The van der Waals surface area contributed by atoms with Crippen molar-refractivity contribution in [1.82, 2.24) is 4.90 Å². The summed E-state index contributed by atoms with van der Waals surface area (Å²) in [5.74, 6) is -0.950. The lowest BCUT2D eigenvalue weighted by Crippen LogP contribution is -2.61. The molecule has 2 rings (SSSR count). The molecule has 78 valence electrons. The van der Waals surface area contributed by atoms with E-state index in [4.69, 9.17) is 5.11 Å². The molecule has 0 aromatic carbocycles. The summed E-state index contributed by atoms with van der Waals surface area (Å²) in [6.45, 7) is 5.63. The highest BCUT2D eigenvalue weighted by Gasteiger charge is 2.62. The molecule has 2 heterocycles. The monoisotopic (exact) mass is 215 g/mol. The van der Waals surface area contributed by atoms with Crippen LogP contribution >= 0.6 is 11.8 Å². The molecule has 1 unspecified atom stereocenters. The summed E-state index contributed by atoms with van der Waals surface area (Å²) < 4.78 is -0.378. The number of hydrogen-bond acceptors (Lipinski definition) is 3. The second-order valence-corrected chi connectivity index (χ2v) is 6.16. The van der Waals surface area contributed by atoms with Crippen LogP contribution in [-0.2, 0) is 9.59 Å². The van der Waals surface area contributed by atoms with Gasteiger partial charge in [0.1, 0.15) is 6.04 Å². The third-order valence-electron chi connectivity index (χ3n) is 2.94. The topological polar surface area (TPSA) is 57.6 Å². The van der Waals surface area contributed by atoms with Gasteiger partial charge in [0.15, 0.2) is 0 Å². The molecule has 3 atom stereocenters. The number of rotatable bonds is 1. The van der Waals surface area contributed by atoms with E-state index in [-0.39, 0.29) is 21.9 Å². The lowest BCUT2D eigenvalue weighted by Gasteiger charge is -2.41. The summed E-state index contributed by atoms with van der Waals surface area (Å²) in [7, 11) is 0. The van der Waals surface area contributed by atoms with Gasteiger partial charge in [0.25, 0.3) is 0 Å². The van der Waals surface area contributed by atoms with Crippen molar-refractivity contribution in [3.8, 4) is 0 Å². The molecule has 2 aliphatic rings. The van der Waals surface area contributed by atoms with Gasteiger partial charge in [0.2, 0.25) is 5.91 Å². The lowest BCUT2D eigenvalue weighted by atomic mass is 9.93. The SMILES string of the molecule is C[C@@H]1C(=O)N2C(C(=O)O)C(C)(C)S[C@H]12. The number of carbonyl (C=O) groups excluding carboxylic acids is 1. The van der Waals surface area contributed by atoms with Crippen molar-refractivity contribution in [3.63, 3.8) is 0 Å². The molecular weight excluding hydrogens is 202 g/mol. The maximum Gasteiger partial charge on any atom is 0.327 e. The fourth-order valence-electron chi connectivity index (χ4n) is 2.20. The van der Waals surface area contributed by atoms with Gasteiger partial charge in [-0.3, -0.25) is 4.79 Å². The van der Waals surface area contributed by atoms with E-state index in [9.17, 15) is 9.59 Å². The zero-order chi connectivity index (χ0) is 10.7. The highest BCUT2D eigenvalue weighted by Crippen LogP contribution is 2.52. The van der Waals surface area contributed by atoms with Crippen molar-refractivity contribution in [3.05, 3.63) is 0 Å². The molecule has 1 amide bonds. The number of nitrogens with zero attached hydrogens (tertiary/aromatic N) is 1. The Labute approximate surface area is 86.6 Å². The van der Waals surface area contributed by atoms with E-state index in [1.54, 1.807) is 11.8 Å². The van der Waals surface area contributed by atoms with Gasteiger partial charge in [-0.15, -0.1) is 11.8 Å². The number of carboxylic acid groups (broad SMARTS) is 1. The number of amides is 1. The van der Waals surface area contributed by atoms with Crippen LogP contribution in [0.3, 0.4) is 0 Å². The molecule has 0 radical (unpaired) electrons. The van der Waals surface area contributed by atoms with Crippen molar-refractivity contribution in [2.75, 3.05) is 0 Å². The highest BCUT2D eigenvalue weighted by atomic mass is 32.2. The number of aliphatic carboxylic acids is 1. The van der Waals surface area contributed by atoms with Crippen LogP contribution < -0.4 is 0 Å². The molecule has 14 heavy (non-hydrogen) atoms. The predicted octanol–water partition coefficient (Wildman–Crippen LogP) is 0.769. The van der Waals surface area contributed by atoms with Crippen molar-refractivity contribution in [1.29, 1.82) is 0 Å². The van der Waals surface area contributed by atoms with Gasteiger partial charge in [-0.25, -0.2) is 4.79 Å². The molecular formula is C9H13NO3S. The van der Waals surface area contributed by atoms with Gasteiger partial charge in [-0.05, 0) is 13.8 Å². The highest BCUT2D eigenvalue weighted by molar-refractivity contribution is 8.01. The van der Waals surface area contributed by atoms with E-state index < -0.39 is 12.0 Å². The molecule has 0 aromatic heterocycles. The van der Waals surface area contributed by atoms with E-state index >= 15 is 0 Å². The maximum absolute atomic E-state index is 11.5.